The largest absolute Gasteiger partial charge is 0.355 e. The van der Waals surface area contributed by atoms with Gasteiger partial charge in [-0.25, -0.2) is 4.98 Å². The Morgan fingerprint density at radius 2 is 1.89 bits per heavy atom. The average molecular weight is 398 g/mol. The zero-order valence-electron chi connectivity index (χ0n) is 15.8. The van der Waals surface area contributed by atoms with Gasteiger partial charge in [-0.15, -0.1) is 11.3 Å². The summed E-state index contributed by atoms with van der Waals surface area (Å²) < 4.78 is 1.28. The Hall–Kier alpha value is -3.00. The van der Waals surface area contributed by atoms with Crippen LogP contribution in [-0.2, 0) is 16.1 Å². The zero-order chi connectivity index (χ0) is 20.1. The predicted octanol–water partition coefficient (Wildman–Crippen LogP) is 2.08. The molecule has 2 aromatic heterocycles. The van der Waals surface area contributed by atoms with E-state index in [9.17, 15) is 14.4 Å². The molecule has 2 amide bonds. The third-order valence-corrected chi connectivity index (χ3v) is 5.26. The maximum Gasteiger partial charge on any atom is 0.263 e. The molecule has 0 aliphatic carbocycles. The fourth-order valence-electron chi connectivity index (χ4n) is 2.92. The van der Waals surface area contributed by atoms with Crippen LogP contribution in [0, 0.1) is 6.92 Å². The maximum absolute atomic E-state index is 13.0. The van der Waals surface area contributed by atoms with Gasteiger partial charge in [0.25, 0.3) is 5.56 Å². The van der Waals surface area contributed by atoms with E-state index in [2.05, 4.69) is 15.6 Å². The number of carbonyl (C=O) groups excluding carboxylic acids is 2. The maximum atomic E-state index is 13.0. The summed E-state index contributed by atoms with van der Waals surface area (Å²) >= 11 is 1.46. The van der Waals surface area contributed by atoms with Gasteiger partial charge < -0.3 is 10.6 Å². The second kappa shape index (κ2) is 8.79. The number of aromatic nitrogens is 2. The van der Waals surface area contributed by atoms with Crippen LogP contribution in [-0.4, -0.2) is 34.5 Å². The van der Waals surface area contributed by atoms with Gasteiger partial charge in [-0.2, -0.15) is 0 Å². The highest BCUT2D eigenvalue weighted by Crippen LogP contribution is 2.35. The second-order valence-corrected chi connectivity index (χ2v) is 7.59. The lowest BCUT2D eigenvalue weighted by Crippen LogP contribution is -2.39. The summed E-state index contributed by atoms with van der Waals surface area (Å²) in [5.74, 6) is -0.668. The number of aryl methyl sites for hydroxylation is 1. The van der Waals surface area contributed by atoms with Crippen molar-refractivity contribution in [2.24, 2.45) is 0 Å². The SMILES string of the molecule is CCCNC(=O)CNC(=O)Cn1cnc2sc(C)c(-c3ccccc3)c2c1=O. The van der Waals surface area contributed by atoms with Gasteiger partial charge in [0.05, 0.1) is 18.3 Å². The van der Waals surface area contributed by atoms with Gasteiger partial charge in [0.15, 0.2) is 0 Å². The Morgan fingerprint density at radius 1 is 1.14 bits per heavy atom. The lowest BCUT2D eigenvalue weighted by atomic mass is 10.0. The second-order valence-electron chi connectivity index (χ2n) is 6.38. The Bertz CT molecular complexity index is 1060. The Kier molecular flexibility index (Phi) is 6.20. The van der Waals surface area contributed by atoms with Gasteiger partial charge in [0, 0.05) is 17.0 Å². The van der Waals surface area contributed by atoms with E-state index >= 15 is 0 Å². The van der Waals surface area contributed by atoms with Crippen LogP contribution in [0.4, 0.5) is 0 Å². The minimum atomic E-state index is -0.414. The molecule has 0 unspecified atom stereocenters. The van der Waals surface area contributed by atoms with Crippen molar-refractivity contribution in [2.75, 3.05) is 13.1 Å². The number of carbonyl (C=O) groups is 2. The molecule has 0 atom stereocenters. The van der Waals surface area contributed by atoms with Gasteiger partial charge in [0.2, 0.25) is 11.8 Å². The smallest absolute Gasteiger partial charge is 0.263 e. The van der Waals surface area contributed by atoms with Crippen LogP contribution in [0.1, 0.15) is 18.2 Å². The fourth-order valence-corrected chi connectivity index (χ4v) is 3.92. The van der Waals surface area contributed by atoms with Gasteiger partial charge >= 0.3 is 0 Å². The van der Waals surface area contributed by atoms with Crippen molar-refractivity contribution in [1.82, 2.24) is 20.2 Å². The number of hydrogen-bond acceptors (Lipinski definition) is 5. The van der Waals surface area contributed by atoms with Crippen LogP contribution in [0.3, 0.4) is 0 Å². The van der Waals surface area contributed by atoms with Gasteiger partial charge in [0.1, 0.15) is 11.4 Å². The molecular formula is C20H22N4O3S. The first-order valence-corrected chi connectivity index (χ1v) is 9.90. The third kappa shape index (κ3) is 4.28. The lowest BCUT2D eigenvalue weighted by Gasteiger charge is -2.08. The van der Waals surface area contributed by atoms with Crippen molar-refractivity contribution in [2.45, 2.75) is 26.8 Å². The third-order valence-electron chi connectivity index (χ3n) is 4.25. The van der Waals surface area contributed by atoms with Crippen LogP contribution in [0.2, 0.25) is 0 Å². The molecule has 3 rings (SSSR count). The highest BCUT2D eigenvalue weighted by atomic mass is 32.1. The highest BCUT2D eigenvalue weighted by Gasteiger charge is 2.17. The molecule has 8 heteroatoms. The van der Waals surface area contributed by atoms with Gasteiger partial charge in [-0.05, 0) is 18.9 Å². The van der Waals surface area contributed by atoms with E-state index in [-0.39, 0.29) is 24.6 Å². The van der Waals surface area contributed by atoms with E-state index in [1.807, 2.05) is 44.2 Å². The molecule has 0 saturated carbocycles. The van der Waals surface area contributed by atoms with E-state index in [1.165, 1.54) is 22.2 Å². The summed E-state index contributed by atoms with van der Waals surface area (Å²) in [6.45, 7) is 4.17. The van der Waals surface area contributed by atoms with Crippen molar-refractivity contribution in [3.05, 3.63) is 51.9 Å². The predicted molar refractivity (Wildman–Crippen MR) is 110 cm³/mol. The van der Waals surface area contributed by atoms with Crippen molar-refractivity contribution < 1.29 is 9.59 Å². The molecule has 0 fully saturated rings. The number of benzene rings is 1. The minimum absolute atomic E-state index is 0.115. The quantitative estimate of drug-likeness (QED) is 0.637. The van der Waals surface area contributed by atoms with E-state index < -0.39 is 5.91 Å². The normalized spacial score (nSPS) is 10.8. The van der Waals surface area contributed by atoms with E-state index in [0.717, 1.165) is 22.4 Å². The van der Waals surface area contributed by atoms with Crippen molar-refractivity contribution in [3.8, 4) is 11.1 Å². The Morgan fingerprint density at radius 3 is 2.61 bits per heavy atom. The standard InChI is InChI=1S/C20H22N4O3S/c1-3-9-21-15(25)10-22-16(26)11-24-12-23-19-18(20(24)27)17(13(2)28-19)14-7-5-4-6-8-14/h4-8,12H,3,9-11H2,1-2H3,(H,21,25)(H,22,26). The van der Waals surface area contributed by atoms with Crippen molar-refractivity contribution in [1.29, 1.82) is 0 Å². The number of rotatable bonds is 7. The van der Waals surface area contributed by atoms with E-state index in [0.29, 0.717) is 16.8 Å². The Labute approximate surface area is 166 Å². The number of thiophene rings is 1. The summed E-state index contributed by atoms with van der Waals surface area (Å²) in [5, 5.41) is 5.73. The molecule has 3 aromatic rings. The topological polar surface area (TPSA) is 93.1 Å². The first-order chi connectivity index (χ1) is 13.5. The monoisotopic (exact) mass is 398 g/mol. The average Bonchev–Trinajstić information content (AvgIpc) is 3.04. The molecule has 28 heavy (non-hydrogen) atoms. The Balaban J connectivity index is 1.84. The molecule has 0 bridgehead atoms. The van der Waals surface area contributed by atoms with Crippen LogP contribution in [0.25, 0.3) is 21.3 Å². The van der Waals surface area contributed by atoms with Gasteiger partial charge in [-0.3, -0.25) is 19.0 Å². The summed E-state index contributed by atoms with van der Waals surface area (Å²) in [6.07, 6.45) is 2.21. The van der Waals surface area contributed by atoms with Crippen LogP contribution in [0.15, 0.2) is 41.5 Å². The van der Waals surface area contributed by atoms with Crippen molar-refractivity contribution >= 4 is 33.4 Å². The number of nitrogens with one attached hydrogen (secondary N) is 2. The van der Waals surface area contributed by atoms with E-state index in [4.69, 9.17) is 0 Å². The molecule has 2 heterocycles. The molecule has 146 valence electrons. The van der Waals surface area contributed by atoms with Crippen LogP contribution < -0.4 is 16.2 Å². The summed E-state index contributed by atoms with van der Waals surface area (Å²) in [4.78, 5) is 42.8. The lowest BCUT2D eigenvalue weighted by molar-refractivity contribution is -0.126. The molecule has 7 nitrogen and oxygen atoms in total. The molecule has 0 aliphatic heterocycles. The number of hydrogen-bond donors (Lipinski definition) is 2. The molecular weight excluding hydrogens is 376 g/mol. The fraction of sp³-hybridized carbons (Fsp3) is 0.300. The number of nitrogens with zero attached hydrogens (tertiary/aromatic N) is 2. The molecule has 0 radical (unpaired) electrons. The first kappa shape index (κ1) is 19.8. The minimum Gasteiger partial charge on any atom is -0.355 e. The number of fused-ring (bicyclic) bond motifs is 1. The molecule has 2 N–H and O–H groups in total. The highest BCUT2D eigenvalue weighted by molar-refractivity contribution is 7.19. The first-order valence-electron chi connectivity index (χ1n) is 9.08. The molecule has 0 saturated heterocycles. The van der Waals surface area contributed by atoms with Crippen molar-refractivity contribution in [3.63, 3.8) is 0 Å². The zero-order valence-corrected chi connectivity index (χ0v) is 16.6. The van der Waals surface area contributed by atoms with Crippen LogP contribution >= 0.6 is 11.3 Å². The summed E-state index contributed by atoms with van der Waals surface area (Å²) in [5.41, 5.74) is 1.53. The van der Waals surface area contributed by atoms with Gasteiger partial charge in [-0.1, -0.05) is 37.3 Å². The van der Waals surface area contributed by atoms with Crippen LogP contribution in [0.5, 0.6) is 0 Å². The summed E-state index contributed by atoms with van der Waals surface area (Å²) in [6, 6.07) is 9.67. The molecule has 0 aliphatic rings. The molecule has 0 spiro atoms. The van der Waals surface area contributed by atoms with E-state index in [1.54, 1.807) is 0 Å². The number of amides is 2. The summed E-state index contributed by atoms with van der Waals surface area (Å²) in [7, 11) is 0. The molecule has 1 aromatic carbocycles.